The van der Waals surface area contributed by atoms with E-state index in [2.05, 4.69) is 22.5 Å². The molecule has 1 N–H and O–H groups in total. The van der Waals surface area contributed by atoms with E-state index in [1.165, 1.54) is 4.88 Å². The molecule has 0 unspecified atom stereocenters. The summed E-state index contributed by atoms with van der Waals surface area (Å²) in [6.45, 7) is 0.814. The van der Waals surface area contributed by atoms with Gasteiger partial charge >= 0.3 is 0 Å². The molecule has 0 aliphatic heterocycles. The van der Waals surface area contributed by atoms with Crippen molar-refractivity contribution in [3.05, 3.63) is 47.5 Å². The normalized spacial score (nSPS) is 10.9. The maximum Gasteiger partial charge on any atom is 0.144 e. The van der Waals surface area contributed by atoms with E-state index < -0.39 is 0 Å². The van der Waals surface area contributed by atoms with Crippen molar-refractivity contribution in [2.24, 2.45) is 7.05 Å². The highest BCUT2D eigenvalue weighted by Gasteiger charge is 2.14. The van der Waals surface area contributed by atoms with Gasteiger partial charge in [-0.15, -0.1) is 11.3 Å². The quantitative estimate of drug-likeness (QED) is 0.801. The number of thiazole rings is 1. The number of aromatic nitrogens is 3. The van der Waals surface area contributed by atoms with Crippen LogP contribution in [0.1, 0.15) is 4.88 Å². The lowest BCUT2D eigenvalue weighted by Crippen LogP contribution is -2.04. The molecular formula is C15H16N4S. The summed E-state index contributed by atoms with van der Waals surface area (Å²) in [5.74, 6) is 0. The zero-order valence-electron chi connectivity index (χ0n) is 11.5. The van der Waals surface area contributed by atoms with E-state index in [1.54, 1.807) is 16.0 Å². The lowest BCUT2D eigenvalue weighted by Gasteiger charge is -2.00. The Hall–Kier alpha value is -1.98. The van der Waals surface area contributed by atoms with E-state index in [0.717, 1.165) is 28.5 Å². The van der Waals surface area contributed by atoms with Crippen molar-refractivity contribution in [2.45, 2.75) is 6.54 Å². The van der Waals surface area contributed by atoms with Crippen LogP contribution in [0.4, 0.5) is 0 Å². The van der Waals surface area contributed by atoms with Crippen molar-refractivity contribution >= 4 is 11.3 Å². The zero-order chi connectivity index (χ0) is 13.9. The molecule has 4 nitrogen and oxygen atoms in total. The summed E-state index contributed by atoms with van der Waals surface area (Å²) in [5, 5.41) is 8.61. The van der Waals surface area contributed by atoms with Crippen molar-refractivity contribution in [1.82, 2.24) is 20.1 Å². The first-order chi connectivity index (χ1) is 9.78. The molecule has 5 heteroatoms. The van der Waals surface area contributed by atoms with E-state index in [9.17, 15) is 0 Å². The number of rotatable bonds is 4. The predicted molar refractivity (Wildman–Crippen MR) is 82.5 cm³/mol. The third kappa shape index (κ3) is 2.50. The van der Waals surface area contributed by atoms with Crippen LogP contribution in [0.2, 0.25) is 0 Å². The van der Waals surface area contributed by atoms with E-state index in [4.69, 9.17) is 4.98 Å². The van der Waals surface area contributed by atoms with E-state index in [1.807, 2.05) is 44.6 Å². The van der Waals surface area contributed by atoms with Crippen LogP contribution >= 0.6 is 11.3 Å². The van der Waals surface area contributed by atoms with Crippen molar-refractivity contribution in [2.75, 3.05) is 7.05 Å². The van der Waals surface area contributed by atoms with Gasteiger partial charge in [-0.1, -0.05) is 30.3 Å². The minimum absolute atomic E-state index is 0.814. The van der Waals surface area contributed by atoms with Crippen LogP contribution in [-0.4, -0.2) is 21.8 Å². The van der Waals surface area contributed by atoms with Gasteiger partial charge in [0, 0.05) is 30.2 Å². The van der Waals surface area contributed by atoms with Gasteiger partial charge in [0.2, 0.25) is 0 Å². The standard InChI is InChI=1S/C15H16N4S/c1-16-10-13-14(11-6-4-3-5-7-11)17-15(20-13)12-8-9-19(2)18-12/h3-9,16H,10H2,1-2H3. The molecule has 0 spiro atoms. The number of hydrogen-bond donors (Lipinski definition) is 1. The van der Waals surface area contributed by atoms with Crippen molar-refractivity contribution in [3.8, 4) is 22.0 Å². The van der Waals surface area contributed by atoms with E-state index in [0.29, 0.717) is 0 Å². The summed E-state index contributed by atoms with van der Waals surface area (Å²) >= 11 is 1.70. The summed E-state index contributed by atoms with van der Waals surface area (Å²) in [5.41, 5.74) is 3.12. The Morgan fingerprint density at radius 3 is 2.65 bits per heavy atom. The molecular weight excluding hydrogens is 268 g/mol. The number of nitrogens with zero attached hydrogens (tertiary/aromatic N) is 3. The van der Waals surface area contributed by atoms with Crippen molar-refractivity contribution in [3.63, 3.8) is 0 Å². The highest BCUT2D eigenvalue weighted by molar-refractivity contribution is 7.15. The average Bonchev–Trinajstić information content (AvgIpc) is 3.07. The van der Waals surface area contributed by atoms with Crippen LogP contribution in [0.15, 0.2) is 42.6 Å². The highest BCUT2D eigenvalue weighted by atomic mass is 32.1. The molecule has 0 saturated heterocycles. The Labute approximate surface area is 122 Å². The van der Waals surface area contributed by atoms with Gasteiger partial charge in [-0.3, -0.25) is 4.68 Å². The van der Waals surface area contributed by atoms with Crippen molar-refractivity contribution in [1.29, 1.82) is 0 Å². The second-order valence-electron chi connectivity index (χ2n) is 4.56. The monoisotopic (exact) mass is 284 g/mol. The molecule has 0 radical (unpaired) electrons. The molecule has 3 aromatic rings. The third-order valence-corrected chi connectivity index (χ3v) is 4.09. The first-order valence-corrected chi connectivity index (χ1v) is 7.29. The molecule has 2 aromatic heterocycles. The average molecular weight is 284 g/mol. The van der Waals surface area contributed by atoms with Gasteiger partial charge in [0.1, 0.15) is 10.7 Å². The molecule has 0 atom stereocenters. The molecule has 0 saturated carbocycles. The second kappa shape index (κ2) is 5.56. The Morgan fingerprint density at radius 2 is 2.00 bits per heavy atom. The van der Waals surface area contributed by atoms with Gasteiger partial charge in [-0.2, -0.15) is 5.10 Å². The fourth-order valence-corrected chi connectivity index (χ4v) is 3.15. The highest BCUT2D eigenvalue weighted by Crippen LogP contribution is 2.32. The minimum atomic E-state index is 0.814. The Bertz CT molecular complexity index is 700. The Kier molecular flexibility index (Phi) is 3.62. The second-order valence-corrected chi connectivity index (χ2v) is 5.65. The zero-order valence-corrected chi connectivity index (χ0v) is 12.3. The molecule has 20 heavy (non-hydrogen) atoms. The van der Waals surface area contributed by atoms with Gasteiger partial charge in [-0.05, 0) is 13.1 Å². The number of hydrogen-bond acceptors (Lipinski definition) is 4. The largest absolute Gasteiger partial charge is 0.315 e. The lowest BCUT2D eigenvalue weighted by atomic mass is 10.1. The fourth-order valence-electron chi connectivity index (χ4n) is 2.09. The summed E-state index contributed by atoms with van der Waals surface area (Å²) in [6, 6.07) is 12.3. The number of aryl methyl sites for hydroxylation is 1. The van der Waals surface area contributed by atoms with Gasteiger partial charge in [-0.25, -0.2) is 4.98 Å². The van der Waals surface area contributed by atoms with Crippen LogP contribution in [0.5, 0.6) is 0 Å². The summed E-state index contributed by atoms with van der Waals surface area (Å²) in [7, 11) is 3.87. The molecule has 102 valence electrons. The SMILES string of the molecule is CNCc1sc(-c2ccn(C)n2)nc1-c1ccccc1. The Balaban J connectivity index is 2.07. The van der Waals surface area contributed by atoms with Gasteiger partial charge in [0.25, 0.3) is 0 Å². The molecule has 3 rings (SSSR count). The smallest absolute Gasteiger partial charge is 0.144 e. The molecule has 2 heterocycles. The molecule has 0 aliphatic rings. The Morgan fingerprint density at radius 1 is 1.20 bits per heavy atom. The minimum Gasteiger partial charge on any atom is -0.315 e. The number of nitrogens with one attached hydrogen (secondary N) is 1. The van der Waals surface area contributed by atoms with Crippen LogP contribution in [0, 0.1) is 0 Å². The van der Waals surface area contributed by atoms with E-state index >= 15 is 0 Å². The molecule has 0 bridgehead atoms. The lowest BCUT2D eigenvalue weighted by molar-refractivity contribution is 0.770. The van der Waals surface area contributed by atoms with Crippen molar-refractivity contribution < 1.29 is 0 Å². The van der Waals surface area contributed by atoms with Crippen LogP contribution in [-0.2, 0) is 13.6 Å². The molecule has 0 amide bonds. The summed E-state index contributed by atoms with van der Waals surface area (Å²) < 4.78 is 1.80. The first kappa shape index (κ1) is 13.0. The predicted octanol–water partition coefficient (Wildman–Crippen LogP) is 2.93. The summed E-state index contributed by atoms with van der Waals surface area (Å²) in [4.78, 5) is 6.02. The van der Waals surface area contributed by atoms with Gasteiger partial charge < -0.3 is 5.32 Å². The maximum atomic E-state index is 4.79. The maximum absolute atomic E-state index is 4.79. The van der Waals surface area contributed by atoms with Gasteiger partial charge in [0.05, 0.1) is 5.69 Å². The number of benzene rings is 1. The van der Waals surface area contributed by atoms with Crippen LogP contribution < -0.4 is 5.32 Å². The summed E-state index contributed by atoms with van der Waals surface area (Å²) in [6.07, 6.45) is 1.94. The third-order valence-electron chi connectivity index (χ3n) is 3.01. The van der Waals surface area contributed by atoms with Crippen LogP contribution in [0.3, 0.4) is 0 Å². The topological polar surface area (TPSA) is 42.7 Å². The van der Waals surface area contributed by atoms with E-state index in [-0.39, 0.29) is 0 Å². The molecule has 0 fully saturated rings. The van der Waals surface area contributed by atoms with Gasteiger partial charge in [0.15, 0.2) is 0 Å². The molecule has 1 aromatic carbocycles. The first-order valence-electron chi connectivity index (χ1n) is 6.47. The fraction of sp³-hybridized carbons (Fsp3) is 0.200. The molecule has 0 aliphatic carbocycles. The van der Waals surface area contributed by atoms with Crippen LogP contribution in [0.25, 0.3) is 22.0 Å².